The van der Waals surface area contributed by atoms with Crippen LogP contribution >= 0.6 is 0 Å². The van der Waals surface area contributed by atoms with E-state index in [0.717, 1.165) is 0 Å². The van der Waals surface area contributed by atoms with Crippen LogP contribution in [0.1, 0.15) is 11.7 Å². The van der Waals surface area contributed by atoms with Crippen molar-refractivity contribution in [2.75, 3.05) is 14.2 Å². The van der Waals surface area contributed by atoms with Crippen LogP contribution in [0, 0.1) is 0 Å². The maximum atomic E-state index is 11.2. The van der Waals surface area contributed by atoms with Crippen LogP contribution in [0.25, 0.3) is 0 Å². The number of ether oxygens (including phenoxy) is 2. The Morgan fingerprint density at radius 1 is 1.29 bits per heavy atom. The fourth-order valence-corrected chi connectivity index (χ4v) is 1.14. The van der Waals surface area contributed by atoms with Crippen molar-refractivity contribution in [2.24, 2.45) is 0 Å². The molecule has 0 fully saturated rings. The predicted octanol–water partition coefficient (Wildman–Crippen LogP) is 1.37. The number of methoxy groups -OCH3 is 2. The van der Waals surface area contributed by atoms with Gasteiger partial charge in [-0.2, -0.15) is 0 Å². The molecule has 75 valence electrons. The molecule has 0 aromatic heterocycles. The molecule has 0 amide bonds. The molecular formula is C10H11O4. The molecule has 0 aliphatic rings. The zero-order chi connectivity index (χ0) is 10.6. The van der Waals surface area contributed by atoms with E-state index < -0.39 is 6.10 Å². The van der Waals surface area contributed by atoms with Gasteiger partial charge < -0.3 is 9.47 Å². The van der Waals surface area contributed by atoms with Crippen LogP contribution in [0.15, 0.2) is 18.2 Å². The van der Waals surface area contributed by atoms with Crippen molar-refractivity contribution in [1.29, 1.82) is 0 Å². The van der Waals surface area contributed by atoms with Gasteiger partial charge >= 0.3 is 0 Å². The summed E-state index contributed by atoms with van der Waals surface area (Å²) in [5, 5.41) is 11.2. The normalized spacial score (nSPS) is 11.9. The lowest BCUT2D eigenvalue weighted by atomic mass is 10.1. The van der Waals surface area contributed by atoms with Gasteiger partial charge in [-0.15, -0.1) is 0 Å². The van der Waals surface area contributed by atoms with Crippen LogP contribution in [0.4, 0.5) is 0 Å². The Morgan fingerprint density at radius 3 is 2.50 bits per heavy atom. The molecule has 0 aliphatic carbocycles. The van der Waals surface area contributed by atoms with E-state index >= 15 is 0 Å². The van der Waals surface area contributed by atoms with Gasteiger partial charge in [-0.3, -0.25) is 4.79 Å². The third kappa shape index (κ3) is 2.03. The summed E-state index contributed by atoms with van der Waals surface area (Å²) in [4.78, 5) is 10.4. The number of aldehydes is 1. The van der Waals surface area contributed by atoms with E-state index in [1.807, 2.05) is 0 Å². The first-order valence-corrected chi connectivity index (χ1v) is 4.06. The van der Waals surface area contributed by atoms with E-state index in [1.165, 1.54) is 20.3 Å². The molecule has 0 N–H and O–H groups in total. The van der Waals surface area contributed by atoms with Gasteiger partial charge in [0.1, 0.15) is 11.5 Å². The number of benzene rings is 1. The quantitative estimate of drug-likeness (QED) is 0.682. The van der Waals surface area contributed by atoms with Crippen molar-refractivity contribution < 1.29 is 19.4 Å². The number of rotatable bonds is 4. The third-order valence-corrected chi connectivity index (χ3v) is 1.87. The van der Waals surface area contributed by atoms with Gasteiger partial charge in [-0.05, 0) is 18.2 Å². The minimum absolute atomic E-state index is 0.293. The molecule has 1 rings (SSSR count). The fourth-order valence-electron chi connectivity index (χ4n) is 1.14. The maximum absolute atomic E-state index is 11.2. The lowest BCUT2D eigenvalue weighted by molar-refractivity contribution is -0.118. The monoisotopic (exact) mass is 195 g/mol. The average molecular weight is 195 g/mol. The molecule has 0 bridgehead atoms. The fraction of sp³-hybridized carbons (Fsp3) is 0.300. The van der Waals surface area contributed by atoms with E-state index in [4.69, 9.17) is 9.47 Å². The number of hydrogen-bond acceptors (Lipinski definition) is 3. The van der Waals surface area contributed by atoms with E-state index in [-0.39, 0.29) is 0 Å². The zero-order valence-corrected chi connectivity index (χ0v) is 8.02. The molecule has 1 atom stereocenters. The molecule has 1 radical (unpaired) electrons. The highest BCUT2D eigenvalue weighted by atomic mass is 16.5. The summed E-state index contributed by atoms with van der Waals surface area (Å²) < 4.78 is 9.89. The van der Waals surface area contributed by atoms with Crippen molar-refractivity contribution in [3.05, 3.63) is 23.8 Å². The molecule has 0 saturated heterocycles. The Bertz CT molecular complexity index is 322. The SMILES string of the molecule is COc1ccc(OC)c(C([O])C=O)c1. The van der Waals surface area contributed by atoms with E-state index in [0.29, 0.717) is 23.3 Å². The molecule has 0 heterocycles. The number of carbonyl (C=O) groups is 1. The van der Waals surface area contributed by atoms with Crippen LogP contribution in [0.2, 0.25) is 0 Å². The minimum Gasteiger partial charge on any atom is -0.497 e. The van der Waals surface area contributed by atoms with Crippen molar-refractivity contribution in [3.8, 4) is 11.5 Å². The topological polar surface area (TPSA) is 55.4 Å². The first-order chi connectivity index (χ1) is 6.72. The largest absolute Gasteiger partial charge is 0.497 e. The highest BCUT2D eigenvalue weighted by molar-refractivity contribution is 5.62. The Labute approximate surface area is 82.1 Å². The second-order valence-corrected chi connectivity index (χ2v) is 2.66. The molecule has 4 nitrogen and oxygen atoms in total. The molecule has 14 heavy (non-hydrogen) atoms. The van der Waals surface area contributed by atoms with Gasteiger partial charge in [0.25, 0.3) is 0 Å². The minimum atomic E-state index is -1.43. The third-order valence-electron chi connectivity index (χ3n) is 1.87. The molecule has 4 heteroatoms. The number of carbonyl (C=O) groups excluding carboxylic acids is 1. The van der Waals surface area contributed by atoms with Crippen molar-refractivity contribution in [3.63, 3.8) is 0 Å². The average Bonchev–Trinajstić information content (AvgIpc) is 2.27. The second-order valence-electron chi connectivity index (χ2n) is 2.66. The van der Waals surface area contributed by atoms with Crippen molar-refractivity contribution >= 4 is 6.29 Å². The van der Waals surface area contributed by atoms with Crippen molar-refractivity contribution in [1.82, 2.24) is 0 Å². The Kier molecular flexibility index (Phi) is 3.48. The van der Waals surface area contributed by atoms with E-state index in [9.17, 15) is 9.90 Å². The summed E-state index contributed by atoms with van der Waals surface area (Å²) >= 11 is 0. The van der Waals surface area contributed by atoms with Gasteiger partial charge in [-0.25, -0.2) is 5.11 Å². The molecule has 0 saturated carbocycles. The summed E-state index contributed by atoms with van der Waals surface area (Å²) in [6.07, 6.45) is -1.10. The number of hydrogen-bond donors (Lipinski definition) is 0. The predicted molar refractivity (Wildman–Crippen MR) is 49.0 cm³/mol. The summed E-state index contributed by atoms with van der Waals surface area (Å²) in [5.74, 6) is 0.932. The van der Waals surface area contributed by atoms with E-state index in [2.05, 4.69) is 0 Å². The summed E-state index contributed by atoms with van der Waals surface area (Å²) in [6, 6.07) is 4.77. The standard InChI is InChI=1S/C10H11O4/c1-13-7-3-4-10(14-2)8(5-7)9(12)6-11/h3-6,9H,1-2H3. The molecule has 0 spiro atoms. The second kappa shape index (κ2) is 4.62. The highest BCUT2D eigenvalue weighted by Gasteiger charge is 2.14. The van der Waals surface area contributed by atoms with Crippen LogP contribution in [-0.2, 0) is 9.90 Å². The summed E-state index contributed by atoms with van der Waals surface area (Å²) in [7, 11) is 2.94. The van der Waals surface area contributed by atoms with Crippen LogP contribution in [0.3, 0.4) is 0 Å². The van der Waals surface area contributed by atoms with Crippen LogP contribution in [-0.4, -0.2) is 20.5 Å². The Morgan fingerprint density at radius 2 is 2.00 bits per heavy atom. The molecule has 0 aliphatic heterocycles. The van der Waals surface area contributed by atoms with Gasteiger partial charge in [0, 0.05) is 5.56 Å². The maximum Gasteiger partial charge on any atom is 0.177 e. The van der Waals surface area contributed by atoms with Gasteiger partial charge in [0.05, 0.1) is 14.2 Å². The van der Waals surface area contributed by atoms with Gasteiger partial charge in [-0.1, -0.05) is 0 Å². The smallest absolute Gasteiger partial charge is 0.177 e. The molecule has 1 aromatic carbocycles. The summed E-state index contributed by atoms with van der Waals surface area (Å²) in [5.41, 5.74) is 0.293. The Hall–Kier alpha value is -1.55. The van der Waals surface area contributed by atoms with Crippen LogP contribution in [0.5, 0.6) is 11.5 Å². The molecule has 1 aromatic rings. The van der Waals surface area contributed by atoms with E-state index in [1.54, 1.807) is 12.1 Å². The molecule has 1 unspecified atom stereocenters. The lowest BCUT2D eigenvalue weighted by Crippen LogP contribution is -2.00. The Balaban J connectivity index is 3.14. The lowest BCUT2D eigenvalue weighted by Gasteiger charge is -2.10. The molecular weight excluding hydrogens is 184 g/mol. The van der Waals surface area contributed by atoms with Gasteiger partial charge in [0.2, 0.25) is 0 Å². The summed E-state index contributed by atoms with van der Waals surface area (Å²) in [6.45, 7) is 0. The first-order valence-electron chi connectivity index (χ1n) is 4.06. The van der Waals surface area contributed by atoms with Crippen molar-refractivity contribution in [2.45, 2.75) is 6.10 Å². The van der Waals surface area contributed by atoms with Crippen LogP contribution < -0.4 is 9.47 Å². The first kappa shape index (κ1) is 10.5. The highest BCUT2D eigenvalue weighted by Crippen LogP contribution is 2.28. The van der Waals surface area contributed by atoms with Gasteiger partial charge in [0.15, 0.2) is 12.4 Å². The zero-order valence-electron chi connectivity index (χ0n) is 8.02.